The predicted octanol–water partition coefficient (Wildman–Crippen LogP) is 4.29. The molecule has 1 amide bonds. The average molecular weight is 329 g/mol. The first-order valence-electron chi connectivity index (χ1n) is 7.45. The van der Waals surface area contributed by atoms with Gasteiger partial charge in [-0.05, 0) is 51.8 Å². The number of anilines is 1. The maximum atomic E-state index is 13.1. The molecule has 122 valence electrons. The summed E-state index contributed by atoms with van der Waals surface area (Å²) in [4.78, 5) is 13.9. The second-order valence-corrected chi connectivity index (χ2v) is 6.89. The Morgan fingerprint density at radius 2 is 2.23 bits per heavy atom. The molecule has 1 saturated heterocycles. The zero-order valence-electron chi connectivity index (χ0n) is 13.2. The maximum absolute atomic E-state index is 13.1. The summed E-state index contributed by atoms with van der Waals surface area (Å²) in [5.74, 6) is -0.441. The van der Waals surface area contributed by atoms with E-state index < -0.39 is 11.4 Å². The Labute approximate surface area is 135 Å². The molecule has 0 aliphatic carbocycles. The van der Waals surface area contributed by atoms with Crippen LogP contribution < -0.4 is 5.32 Å². The maximum Gasteiger partial charge on any atom is 0.410 e. The van der Waals surface area contributed by atoms with Gasteiger partial charge in [0.2, 0.25) is 0 Å². The van der Waals surface area contributed by atoms with E-state index in [2.05, 4.69) is 5.32 Å². The topological polar surface area (TPSA) is 41.6 Å². The molecular weight excluding hydrogens is 307 g/mol. The smallest absolute Gasteiger partial charge is 0.410 e. The zero-order chi connectivity index (χ0) is 16.3. The number of nitrogens with one attached hydrogen (secondary N) is 1. The van der Waals surface area contributed by atoms with Crippen LogP contribution in [0.4, 0.5) is 14.9 Å². The Morgan fingerprint density at radius 1 is 1.50 bits per heavy atom. The number of nitrogens with zero attached hydrogens (tertiary/aromatic N) is 1. The van der Waals surface area contributed by atoms with Crippen LogP contribution in [0.15, 0.2) is 18.2 Å². The van der Waals surface area contributed by atoms with Gasteiger partial charge < -0.3 is 15.0 Å². The van der Waals surface area contributed by atoms with E-state index in [1.807, 2.05) is 20.8 Å². The number of halogens is 2. The molecule has 0 saturated carbocycles. The molecule has 1 aromatic rings. The standard InChI is InChI=1S/C16H22ClFN2O2/c1-16(2,3)22-15(21)20-8-4-5-12(20)10-19-11-6-7-14(18)13(17)9-11/h6-7,9,12,19H,4-5,8,10H2,1-3H3. The molecule has 1 unspecified atom stereocenters. The number of rotatable bonds is 3. The molecule has 2 rings (SSSR count). The Balaban J connectivity index is 1.93. The Morgan fingerprint density at radius 3 is 2.86 bits per heavy atom. The Hall–Kier alpha value is -1.49. The van der Waals surface area contributed by atoms with Crippen molar-refractivity contribution in [2.75, 3.05) is 18.4 Å². The molecule has 1 aliphatic rings. The molecule has 1 aromatic carbocycles. The molecule has 6 heteroatoms. The fourth-order valence-electron chi connectivity index (χ4n) is 2.45. The van der Waals surface area contributed by atoms with Gasteiger partial charge in [0, 0.05) is 18.8 Å². The first kappa shape index (κ1) is 16.9. The minimum Gasteiger partial charge on any atom is -0.444 e. The van der Waals surface area contributed by atoms with Gasteiger partial charge in [0.25, 0.3) is 0 Å². The molecule has 0 spiro atoms. The number of benzene rings is 1. The summed E-state index contributed by atoms with van der Waals surface area (Å²) in [6.45, 7) is 6.85. The largest absolute Gasteiger partial charge is 0.444 e. The summed E-state index contributed by atoms with van der Waals surface area (Å²) in [6, 6.07) is 4.57. The van der Waals surface area contributed by atoms with Crippen molar-refractivity contribution in [3.8, 4) is 0 Å². The van der Waals surface area contributed by atoms with E-state index in [9.17, 15) is 9.18 Å². The number of hydrogen-bond donors (Lipinski definition) is 1. The van der Waals surface area contributed by atoms with Crippen molar-refractivity contribution in [3.63, 3.8) is 0 Å². The highest BCUT2D eigenvalue weighted by atomic mass is 35.5. The van der Waals surface area contributed by atoms with Gasteiger partial charge in [0.1, 0.15) is 11.4 Å². The molecule has 1 atom stereocenters. The quantitative estimate of drug-likeness (QED) is 0.900. The van der Waals surface area contributed by atoms with E-state index in [0.717, 1.165) is 18.5 Å². The first-order valence-corrected chi connectivity index (χ1v) is 7.82. The van der Waals surface area contributed by atoms with E-state index >= 15 is 0 Å². The van der Waals surface area contributed by atoms with Crippen molar-refractivity contribution in [1.29, 1.82) is 0 Å². The van der Waals surface area contributed by atoms with Crippen molar-refractivity contribution in [3.05, 3.63) is 29.0 Å². The van der Waals surface area contributed by atoms with Gasteiger partial charge in [-0.25, -0.2) is 9.18 Å². The molecule has 1 aliphatic heterocycles. The van der Waals surface area contributed by atoms with Gasteiger partial charge in [-0.15, -0.1) is 0 Å². The SMILES string of the molecule is CC(C)(C)OC(=O)N1CCCC1CNc1ccc(F)c(Cl)c1. The molecule has 0 aromatic heterocycles. The lowest BCUT2D eigenvalue weighted by atomic mass is 10.2. The third kappa shape index (κ3) is 4.50. The van der Waals surface area contributed by atoms with Gasteiger partial charge in [-0.3, -0.25) is 0 Å². The molecule has 4 nitrogen and oxygen atoms in total. The van der Waals surface area contributed by atoms with Gasteiger partial charge in [-0.2, -0.15) is 0 Å². The number of amides is 1. The van der Waals surface area contributed by atoms with Crippen LogP contribution in [0.5, 0.6) is 0 Å². The number of likely N-dealkylation sites (tertiary alicyclic amines) is 1. The van der Waals surface area contributed by atoms with Crippen LogP contribution in [0.3, 0.4) is 0 Å². The number of hydrogen-bond acceptors (Lipinski definition) is 3. The molecule has 1 N–H and O–H groups in total. The van der Waals surface area contributed by atoms with Crippen LogP contribution >= 0.6 is 11.6 Å². The molecule has 22 heavy (non-hydrogen) atoms. The van der Waals surface area contributed by atoms with Crippen LogP contribution in [0, 0.1) is 5.82 Å². The van der Waals surface area contributed by atoms with Crippen LogP contribution in [0.1, 0.15) is 33.6 Å². The lowest BCUT2D eigenvalue weighted by Gasteiger charge is -2.29. The highest BCUT2D eigenvalue weighted by Gasteiger charge is 2.31. The fraction of sp³-hybridized carbons (Fsp3) is 0.562. The van der Waals surface area contributed by atoms with E-state index in [1.165, 1.54) is 6.07 Å². The van der Waals surface area contributed by atoms with Crippen molar-refractivity contribution >= 4 is 23.4 Å². The Bertz CT molecular complexity index is 545. The van der Waals surface area contributed by atoms with E-state index in [-0.39, 0.29) is 17.2 Å². The Kier molecular flexibility index (Phi) is 5.16. The lowest BCUT2D eigenvalue weighted by molar-refractivity contribution is 0.0235. The van der Waals surface area contributed by atoms with Crippen LogP contribution in [0.25, 0.3) is 0 Å². The number of carbonyl (C=O) groups is 1. The van der Waals surface area contributed by atoms with E-state index in [1.54, 1.807) is 17.0 Å². The summed E-state index contributed by atoms with van der Waals surface area (Å²) in [7, 11) is 0. The van der Waals surface area contributed by atoms with Gasteiger partial charge >= 0.3 is 6.09 Å². The fourth-order valence-corrected chi connectivity index (χ4v) is 2.63. The summed E-state index contributed by atoms with van der Waals surface area (Å²) in [6.07, 6.45) is 1.59. The summed E-state index contributed by atoms with van der Waals surface area (Å²) in [5, 5.41) is 3.29. The monoisotopic (exact) mass is 328 g/mol. The first-order chi connectivity index (χ1) is 10.3. The van der Waals surface area contributed by atoms with Crippen LogP contribution in [-0.4, -0.2) is 35.7 Å². The molecular formula is C16H22ClFN2O2. The van der Waals surface area contributed by atoms with Crippen LogP contribution in [-0.2, 0) is 4.74 Å². The predicted molar refractivity (Wildman–Crippen MR) is 85.9 cm³/mol. The highest BCUT2D eigenvalue weighted by Crippen LogP contribution is 2.23. The molecule has 0 bridgehead atoms. The van der Waals surface area contributed by atoms with E-state index in [0.29, 0.717) is 13.1 Å². The van der Waals surface area contributed by atoms with Gasteiger partial charge in [0.15, 0.2) is 0 Å². The highest BCUT2D eigenvalue weighted by molar-refractivity contribution is 6.31. The lowest BCUT2D eigenvalue weighted by Crippen LogP contribution is -2.42. The third-order valence-corrected chi connectivity index (χ3v) is 3.76. The minimum absolute atomic E-state index is 0.0682. The van der Waals surface area contributed by atoms with Crippen molar-refractivity contribution in [1.82, 2.24) is 4.90 Å². The van der Waals surface area contributed by atoms with Gasteiger partial charge in [0.05, 0.1) is 11.1 Å². The number of ether oxygens (including phenoxy) is 1. The summed E-state index contributed by atoms with van der Waals surface area (Å²) < 4.78 is 18.6. The molecule has 1 heterocycles. The van der Waals surface area contributed by atoms with Crippen LogP contribution in [0.2, 0.25) is 5.02 Å². The van der Waals surface area contributed by atoms with Gasteiger partial charge in [-0.1, -0.05) is 11.6 Å². The van der Waals surface area contributed by atoms with Crippen molar-refractivity contribution in [2.45, 2.75) is 45.3 Å². The third-order valence-electron chi connectivity index (χ3n) is 3.47. The van der Waals surface area contributed by atoms with E-state index in [4.69, 9.17) is 16.3 Å². The zero-order valence-corrected chi connectivity index (χ0v) is 13.9. The minimum atomic E-state index is -0.498. The summed E-state index contributed by atoms with van der Waals surface area (Å²) >= 11 is 5.76. The van der Waals surface area contributed by atoms with Crippen molar-refractivity contribution < 1.29 is 13.9 Å². The molecule has 0 radical (unpaired) electrons. The second-order valence-electron chi connectivity index (χ2n) is 6.48. The second kappa shape index (κ2) is 6.73. The van der Waals surface area contributed by atoms with Crippen molar-refractivity contribution in [2.24, 2.45) is 0 Å². The summed E-state index contributed by atoms with van der Waals surface area (Å²) in [5.41, 5.74) is 0.240. The number of carbonyl (C=O) groups excluding carboxylic acids is 1. The molecule has 1 fully saturated rings. The average Bonchev–Trinajstić information content (AvgIpc) is 2.87. The normalized spacial score (nSPS) is 18.4.